The normalized spacial score (nSPS) is 10.7. The fourth-order valence-electron chi connectivity index (χ4n) is 2.16. The molecule has 5 nitrogen and oxygen atoms in total. The summed E-state index contributed by atoms with van der Waals surface area (Å²) in [6.45, 7) is 7.11. The average molecular weight is 354 g/mol. The van der Waals surface area contributed by atoms with E-state index >= 15 is 0 Å². The first-order valence-electron chi connectivity index (χ1n) is 7.37. The molecule has 1 aromatic carbocycles. The second-order valence-electron chi connectivity index (χ2n) is 4.89. The summed E-state index contributed by atoms with van der Waals surface area (Å²) in [6, 6.07) is 5.64. The molecule has 0 unspecified atom stereocenters. The lowest BCUT2D eigenvalue weighted by molar-refractivity contribution is 0.201. The smallest absolute Gasteiger partial charge is 0.344 e. The number of benzene rings is 1. The SMILES string of the molecule is CCN(CC)C(=O)n1cc(Cl)c(Sc2c(C)cccc2OC)n1. The van der Waals surface area contributed by atoms with Gasteiger partial charge in [0, 0.05) is 13.1 Å². The summed E-state index contributed by atoms with van der Waals surface area (Å²) in [5.41, 5.74) is 1.06. The van der Waals surface area contributed by atoms with Crippen LogP contribution in [0.25, 0.3) is 0 Å². The van der Waals surface area contributed by atoms with Crippen molar-refractivity contribution in [1.29, 1.82) is 0 Å². The second kappa shape index (κ2) is 7.75. The maximum Gasteiger partial charge on any atom is 0.344 e. The Morgan fingerprint density at radius 2 is 2.09 bits per heavy atom. The zero-order valence-electron chi connectivity index (χ0n) is 13.7. The topological polar surface area (TPSA) is 47.4 Å². The Morgan fingerprint density at radius 1 is 1.39 bits per heavy atom. The molecule has 0 aliphatic heterocycles. The molecule has 0 saturated carbocycles. The summed E-state index contributed by atoms with van der Waals surface area (Å²) in [5, 5.41) is 5.37. The zero-order chi connectivity index (χ0) is 17.0. The molecule has 0 aliphatic carbocycles. The molecule has 2 aromatic rings. The molecular weight excluding hydrogens is 334 g/mol. The van der Waals surface area contributed by atoms with Crippen molar-refractivity contribution >= 4 is 29.4 Å². The number of nitrogens with zero attached hydrogens (tertiary/aromatic N) is 3. The number of rotatable bonds is 5. The molecule has 0 radical (unpaired) electrons. The number of aryl methyl sites for hydroxylation is 1. The maximum absolute atomic E-state index is 12.3. The van der Waals surface area contributed by atoms with Gasteiger partial charge >= 0.3 is 6.03 Å². The van der Waals surface area contributed by atoms with Crippen LogP contribution in [0.4, 0.5) is 4.79 Å². The van der Waals surface area contributed by atoms with E-state index in [0.717, 1.165) is 16.2 Å². The van der Waals surface area contributed by atoms with Gasteiger partial charge in [-0.1, -0.05) is 35.5 Å². The molecule has 0 spiro atoms. The minimum Gasteiger partial charge on any atom is -0.496 e. The van der Waals surface area contributed by atoms with Crippen molar-refractivity contribution in [2.45, 2.75) is 30.7 Å². The van der Waals surface area contributed by atoms with Crippen LogP contribution in [0, 0.1) is 6.92 Å². The van der Waals surface area contributed by atoms with E-state index in [9.17, 15) is 4.79 Å². The van der Waals surface area contributed by atoms with Gasteiger partial charge in [-0.3, -0.25) is 0 Å². The third-order valence-electron chi connectivity index (χ3n) is 3.46. The first-order valence-corrected chi connectivity index (χ1v) is 8.57. The van der Waals surface area contributed by atoms with Crippen LogP contribution in [0.15, 0.2) is 34.3 Å². The van der Waals surface area contributed by atoms with E-state index in [1.54, 1.807) is 18.2 Å². The Balaban J connectivity index is 2.31. The van der Waals surface area contributed by atoms with E-state index in [2.05, 4.69) is 5.10 Å². The van der Waals surface area contributed by atoms with Crippen LogP contribution >= 0.6 is 23.4 Å². The van der Waals surface area contributed by atoms with Gasteiger partial charge in [-0.2, -0.15) is 9.78 Å². The highest BCUT2D eigenvalue weighted by Crippen LogP contribution is 2.39. The van der Waals surface area contributed by atoms with Gasteiger partial charge in [-0.25, -0.2) is 4.79 Å². The molecule has 7 heteroatoms. The fourth-order valence-corrected chi connectivity index (χ4v) is 3.36. The number of halogens is 1. The Hall–Kier alpha value is -1.66. The second-order valence-corrected chi connectivity index (χ2v) is 6.30. The summed E-state index contributed by atoms with van der Waals surface area (Å²) >= 11 is 7.66. The van der Waals surface area contributed by atoms with Gasteiger partial charge in [0.25, 0.3) is 0 Å². The van der Waals surface area contributed by atoms with Gasteiger partial charge in [0.2, 0.25) is 0 Å². The van der Waals surface area contributed by atoms with Crippen LogP contribution in [0.1, 0.15) is 19.4 Å². The van der Waals surface area contributed by atoms with E-state index in [0.29, 0.717) is 23.1 Å². The highest BCUT2D eigenvalue weighted by atomic mass is 35.5. The largest absolute Gasteiger partial charge is 0.496 e. The van der Waals surface area contributed by atoms with Crippen LogP contribution in [0.2, 0.25) is 5.02 Å². The lowest BCUT2D eigenvalue weighted by Crippen LogP contribution is -2.34. The van der Waals surface area contributed by atoms with Crippen molar-refractivity contribution in [3.63, 3.8) is 0 Å². The van der Waals surface area contributed by atoms with Crippen molar-refractivity contribution in [2.75, 3.05) is 20.2 Å². The number of carbonyl (C=O) groups is 1. The monoisotopic (exact) mass is 353 g/mol. The molecule has 2 rings (SSSR count). The fraction of sp³-hybridized carbons (Fsp3) is 0.375. The number of hydrogen-bond acceptors (Lipinski definition) is 4. The first kappa shape index (κ1) is 17.7. The molecule has 0 N–H and O–H groups in total. The third-order valence-corrected chi connectivity index (χ3v) is 5.07. The molecule has 1 aromatic heterocycles. The number of hydrogen-bond donors (Lipinski definition) is 0. The van der Waals surface area contributed by atoms with Gasteiger partial charge in [0.1, 0.15) is 10.8 Å². The van der Waals surface area contributed by atoms with E-state index in [4.69, 9.17) is 16.3 Å². The van der Waals surface area contributed by atoms with Gasteiger partial charge in [0.15, 0.2) is 0 Å². The molecule has 0 saturated heterocycles. The Labute approximate surface area is 145 Å². The Bertz CT molecular complexity index is 699. The summed E-state index contributed by atoms with van der Waals surface area (Å²) < 4.78 is 6.69. The summed E-state index contributed by atoms with van der Waals surface area (Å²) in [7, 11) is 1.63. The van der Waals surface area contributed by atoms with Crippen molar-refractivity contribution in [3.05, 3.63) is 35.0 Å². The first-order chi connectivity index (χ1) is 11.0. The Morgan fingerprint density at radius 3 is 2.70 bits per heavy atom. The average Bonchev–Trinajstić information content (AvgIpc) is 2.91. The van der Waals surface area contributed by atoms with E-state index in [1.807, 2.05) is 39.0 Å². The predicted molar refractivity (Wildman–Crippen MR) is 92.8 cm³/mol. The quantitative estimate of drug-likeness (QED) is 0.803. The number of methoxy groups -OCH3 is 1. The van der Waals surface area contributed by atoms with E-state index in [-0.39, 0.29) is 6.03 Å². The van der Waals surface area contributed by atoms with E-state index in [1.165, 1.54) is 16.4 Å². The molecule has 0 atom stereocenters. The van der Waals surface area contributed by atoms with Gasteiger partial charge in [0.05, 0.1) is 23.2 Å². The van der Waals surface area contributed by atoms with Crippen molar-refractivity contribution < 1.29 is 9.53 Å². The molecule has 23 heavy (non-hydrogen) atoms. The molecule has 0 aliphatic rings. The lowest BCUT2D eigenvalue weighted by Gasteiger charge is -2.17. The maximum atomic E-state index is 12.3. The molecule has 1 amide bonds. The highest BCUT2D eigenvalue weighted by Gasteiger charge is 2.18. The van der Waals surface area contributed by atoms with E-state index < -0.39 is 0 Å². The van der Waals surface area contributed by atoms with Crippen LogP contribution in [0.5, 0.6) is 5.75 Å². The lowest BCUT2D eigenvalue weighted by atomic mass is 10.2. The highest BCUT2D eigenvalue weighted by molar-refractivity contribution is 7.99. The predicted octanol–water partition coefficient (Wildman–Crippen LogP) is 4.31. The van der Waals surface area contributed by atoms with Crippen LogP contribution in [-0.4, -0.2) is 40.9 Å². The minimum atomic E-state index is -0.180. The third kappa shape index (κ3) is 3.82. The number of ether oxygens (including phenoxy) is 1. The number of aromatic nitrogens is 2. The van der Waals surface area contributed by atoms with Gasteiger partial charge in [-0.15, -0.1) is 0 Å². The standard InChI is InChI=1S/C16H20ClN3O2S/c1-5-19(6-2)16(21)20-10-12(17)15(18-20)23-14-11(3)8-7-9-13(14)22-4/h7-10H,5-6H2,1-4H3. The molecule has 124 valence electrons. The number of amides is 1. The zero-order valence-corrected chi connectivity index (χ0v) is 15.2. The number of carbonyl (C=O) groups excluding carboxylic acids is 1. The Kier molecular flexibility index (Phi) is 5.96. The molecule has 1 heterocycles. The molecular formula is C16H20ClN3O2S. The van der Waals surface area contributed by atoms with Crippen molar-refractivity contribution in [3.8, 4) is 5.75 Å². The van der Waals surface area contributed by atoms with Crippen molar-refractivity contribution in [2.24, 2.45) is 0 Å². The summed E-state index contributed by atoms with van der Waals surface area (Å²) in [5.74, 6) is 0.760. The van der Waals surface area contributed by atoms with Crippen LogP contribution < -0.4 is 4.74 Å². The van der Waals surface area contributed by atoms with Gasteiger partial charge < -0.3 is 9.64 Å². The minimum absolute atomic E-state index is 0.180. The van der Waals surface area contributed by atoms with Gasteiger partial charge in [-0.05, 0) is 32.4 Å². The summed E-state index contributed by atoms with van der Waals surface area (Å²) in [4.78, 5) is 15.0. The van der Waals surface area contributed by atoms with Crippen LogP contribution in [0.3, 0.4) is 0 Å². The molecule has 0 fully saturated rings. The van der Waals surface area contributed by atoms with Crippen molar-refractivity contribution in [1.82, 2.24) is 14.7 Å². The molecule has 0 bridgehead atoms. The van der Waals surface area contributed by atoms with Crippen LogP contribution in [-0.2, 0) is 0 Å². The summed E-state index contributed by atoms with van der Waals surface area (Å²) in [6.07, 6.45) is 1.55.